The predicted molar refractivity (Wildman–Crippen MR) is 82.1 cm³/mol. The quantitative estimate of drug-likeness (QED) is 0.853. The van der Waals surface area contributed by atoms with E-state index < -0.39 is 0 Å². The summed E-state index contributed by atoms with van der Waals surface area (Å²) in [6, 6.07) is 5.64. The summed E-state index contributed by atoms with van der Waals surface area (Å²) in [6.07, 6.45) is 1.19. The van der Waals surface area contributed by atoms with Gasteiger partial charge in [-0.1, -0.05) is 13.0 Å². The van der Waals surface area contributed by atoms with Gasteiger partial charge >= 0.3 is 0 Å². The van der Waals surface area contributed by atoms with Crippen molar-refractivity contribution in [3.63, 3.8) is 0 Å². The van der Waals surface area contributed by atoms with Gasteiger partial charge in [0, 0.05) is 9.75 Å². The van der Waals surface area contributed by atoms with Crippen molar-refractivity contribution in [3.8, 4) is 0 Å². The Morgan fingerprint density at radius 2 is 2.10 bits per heavy atom. The van der Waals surface area contributed by atoms with Crippen molar-refractivity contribution in [3.05, 3.63) is 43.8 Å². The summed E-state index contributed by atoms with van der Waals surface area (Å²) >= 11 is 2.98. The van der Waals surface area contributed by atoms with Gasteiger partial charge < -0.3 is 0 Å². The molecule has 0 bridgehead atoms. The Morgan fingerprint density at radius 1 is 1.30 bits per heavy atom. The van der Waals surface area contributed by atoms with Crippen LogP contribution in [0.25, 0.3) is 0 Å². The molecule has 0 radical (unpaired) electrons. The number of hydrogen-bond donors (Lipinski definition) is 2. The molecule has 0 aromatic carbocycles. The summed E-state index contributed by atoms with van der Waals surface area (Å²) in [6.45, 7) is 4.05. The first-order valence-corrected chi connectivity index (χ1v) is 8.00. The van der Waals surface area contributed by atoms with Gasteiger partial charge in [0.15, 0.2) is 0 Å². The number of aryl methyl sites for hydroxylation is 2. The van der Waals surface area contributed by atoms with Crippen molar-refractivity contribution >= 4 is 34.5 Å². The molecule has 0 unspecified atom stereocenters. The Labute approximate surface area is 125 Å². The number of nitrogens with one attached hydrogen (secondary N) is 2. The molecule has 0 atom stereocenters. The van der Waals surface area contributed by atoms with E-state index in [9.17, 15) is 9.59 Å². The van der Waals surface area contributed by atoms with Gasteiger partial charge in [-0.3, -0.25) is 20.4 Å². The molecule has 4 nitrogen and oxygen atoms in total. The fourth-order valence-corrected chi connectivity index (χ4v) is 3.50. The minimum Gasteiger partial charge on any atom is -0.273 e. The van der Waals surface area contributed by atoms with Crippen LogP contribution in [-0.2, 0) is 17.6 Å². The first-order valence-electron chi connectivity index (χ1n) is 6.31. The zero-order chi connectivity index (χ0) is 14.5. The third-order valence-corrected chi connectivity index (χ3v) is 5.05. The van der Waals surface area contributed by atoms with Gasteiger partial charge in [0.2, 0.25) is 5.91 Å². The molecule has 2 aromatic rings. The van der Waals surface area contributed by atoms with Crippen molar-refractivity contribution in [2.24, 2.45) is 0 Å². The van der Waals surface area contributed by atoms with E-state index >= 15 is 0 Å². The average molecular weight is 308 g/mol. The topological polar surface area (TPSA) is 58.2 Å². The van der Waals surface area contributed by atoms with Crippen LogP contribution in [0.3, 0.4) is 0 Å². The highest BCUT2D eigenvalue weighted by atomic mass is 32.1. The number of rotatable bonds is 4. The molecule has 2 N–H and O–H groups in total. The van der Waals surface area contributed by atoms with Crippen LogP contribution < -0.4 is 10.9 Å². The smallest absolute Gasteiger partial charge is 0.273 e. The fourth-order valence-electron chi connectivity index (χ4n) is 1.79. The van der Waals surface area contributed by atoms with E-state index in [2.05, 4.69) is 17.8 Å². The first-order chi connectivity index (χ1) is 9.60. The third kappa shape index (κ3) is 3.68. The normalized spacial score (nSPS) is 10.3. The molecular formula is C14H16N2O2S2. The summed E-state index contributed by atoms with van der Waals surface area (Å²) < 4.78 is 0. The van der Waals surface area contributed by atoms with E-state index in [1.165, 1.54) is 27.6 Å². The summed E-state index contributed by atoms with van der Waals surface area (Å²) in [5, 5.41) is 1.92. The van der Waals surface area contributed by atoms with Gasteiger partial charge in [-0.05, 0) is 36.4 Å². The molecule has 2 aromatic heterocycles. The fraction of sp³-hybridized carbons (Fsp3) is 0.286. The first kappa shape index (κ1) is 14.7. The van der Waals surface area contributed by atoms with Crippen LogP contribution in [0, 0.1) is 6.92 Å². The Bertz CT molecular complexity index is 603. The molecular weight excluding hydrogens is 292 g/mol. The molecule has 0 saturated heterocycles. The Morgan fingerprint density at radius 3 is 2.70 bits per heavy atom. The van der Waals surface area contributed by atoms with E-state index in [1.54, 1.807) is 0 Å². The van der Waals surface area contributed by atoms with E-state index in [4.69, 9.17) is 0 Å². The van der Waals surface area contributed by atoms with E-state index in [0.29, 0.717) is 4.88 Å². The third-order valence-electron chi connectivity index (χ3n) is 2.80. The Kier molecular flexibility index (Phi) is 4.92. The van der Waals surface area contributed by atoms with Crippen LogP contribution in [-0.4, -0.2) is 11.8 Å². The molecule has 106 valence electrons. The zero-order valence-electron chi connectivity index (χ0n) is 11.4. The number of hydrazine groups is 1. The average Bonchev–Trinajstić information content (AvgIpc) is 3.05. The number of hydrogen-bond acceptors (Lipinski definition) is 4. The van der Waals surface area contributed by atoms with Crippen molar-refractivity contribution < 1.29 is 9.59 Å². The molecule has 6 heteroatoms. The maximum Gasteiger partial charge on any atom is 0.279 e. The monoisotopic (exact) mass is 308 g/mol. The number of thiophene rings is 2. The van der Waals surface area contributed by atoms with Gasteiger partial charge in [0.1, 0.15) is 0 Å². The number of carbonyl (C=O) groups excluding carboxylic acids is 2. The lowest BCUT2D eigenvalue weighted by Crippen LogP contribution is -2.42. The Hall–Kier alpha value is -1.66. The van der Waals surface area contributed by atoms with Crippen LogP contribution >= 0.6 is 22.7 Å². The molecule has 0 aliphatic carbocycles. The minimum absolute atomic E-state index is 0.218. The molecule has 2 rings (SSSR count). The van der Waals surface area contributed by atoms with Gasteiger partial charge in [0.05, 0.1) is 11.3 Å². The second-order valence-electron chi connectivity index (χ2n) is 4.33. The lowest BCUT2D eigenvalue weighted by Gasteiger charge is -2.05. The Balaban J connectivity index is 1.86. The summed E-state index contributed by atoms with van der Waals surface area (Å²) in [7, 11) is 0. The molecule has 0 spiro atoms. The van der Waals surface area contributed by atoms with Crippen LogP contribution in [0.2, 0.25) is 0 Å². The van der Waals surface area contributed by atoms with Crippen molar-refractivity contribution in [2.45, 2.75) is 26.7 Å². The number of carbonyl (C=O) groups is 2. The molecule has 0 saturated carbocycles. The van der Waals surface area contributed by atoms with E-state index in [0.717, 1.165) is 16.9 Å². The minimum atomic E-state index is -0.266. The largest absolute Gasteiger partial charge is 0.279 e. The van der Waals surface area contributed by atoms with Gasteiger partial charge in [-0.15, -0.1) is 22.7 Å². The standard InChI is InChI=1S/C14H16N2O2S2/c1-3-11-9(2)7-12(20-11)14(18)16-15-13(17)8-10-5-4-6-19-10/h4-7H,3,8H2,1-2H3,(H,15,17)(H,16,18). The predicted octanol–water partition coefficient (Wildman–Crippen LogP) is 2.68. The van der Waals surface area contributed by atoms with Crippen molar-refractivity contribution in [2.75, 3.05) is 0 Å². The maximum absolute atomic E-state index is 11.9. The molecule has 0 aliphatic rings. The van der Waals surface area contributed by atoms with E-state index in [-0.39, 0.29) is 18.2 Å². The molecule has 2 heterocycles. The number of amides is 2. The van der Waals surface area contributed by atoms with Crippen LogP contribution in [0.4, 0.5) is 0 Å². The second kappa shape index (κ2) is 6.67. The zero-order valence-corrected chi connectivity index (χ0v) is 13.0. The van der Waals surface area contributed by atoms with Crippen molar-refractivity contribution in [1.82, 2.24) is 10.9 Å². The molecule has 20 heavy (non-hydrogen) atoms. The lowest BCUT2D eigenvalue weighted by atomic mass is 10.2. The van der Waals surface area contributed by atoms with E-state index in [1.807, 2.05) is 30.5 Å². The highest BCUT2D eigenvalue weighted by molar-refractivity contribution is 7.14. The van der Waals surface area contributed by atoms with Crippen molar-refractivity contribution in [1.29, 1.82) is 0 Å². The lowest BCUT2D eigenvalue weighted by molar-refractivity contribution is -0.121. The molecule has 0 fully saturated rings. The van der Waals surface area contributed by atoms with Gasteiger partial charge in [-0.25, -0.2) is 0 Å². The molecule has 2 amide bonds. The van der Waals surface area contributed by atoms with Crippen LogP contribution in [0.5, 0.6) is 0 Å². The van der Waals surface area contributed by atoms with Crippen LogP contribution in [0.15, 0.2) is 23.6 Å². The van der Waals surface area contributed by atoms with Gasteiger partial charge in [0.25, 0.3) is 5.91 Å². The highest BCUT2D eigenvalue weighted by Crippen LogP contribution is 2.21. The summed E-state index contributed by atoms with van der Waals surface area (Å²) in [4.78, 5) is 26.4. The SMILES string of the molecule is CCc1sc(C(=O)NNC(=O)Cc2cccs2)cc1C. The summed E-state index contributed by atoms with van der Waals surface area (Å²) in [5.74, 6) is -0.484. The van der Waals surface area contributed by atoms with Crippen LogP contribution in [0.1, 0.15) is 31.9 Å². The summed E-state index contributed by atoms with van der Waals surface area (Å²) in [5.41, 5.74) is 6.01. The maximum atomic E-state index is 11.9. The highest BCUT2D eigenvalue weighted by Gasteiger charge is 2.12. The molecule has 0 aliphatic heterocycles. The second-order valence-corrected chi connectivity index (χ2v) is 6.50. The van der Waals surface area contributed by atoms with Gasteiger partial charge in [-0.2, -0.15) is 0 Å².